The van der Waals surface area contributed by atoms with E-state index in [9.17, 15) is 19.1 Å². The molecule has 6 heteroatoms. The molecule has 0 aromatic heterocycles. The van der Waals surface area contributed by atoms with Crippen molar-refractivity contribution in [3.8, 4) is 0 Å². The molecule has 1 aliphatic rings. The van der Waals surface area contributed by atoms with Crippen molar-refractivity contribution in [2.75, 3.05) is 11.4 Å². The summed E-state index contributed by atoms with van der Waals surface area (Å²) in [5.41, 5.74) is -0.337. The van der Waals surface area contributed by atoms with Crippen molar-refractivity contribution in [3.05, 3.63) is 65.5 Å². The van der Waals surface area contributed by atoms with Crippen LogP contribution in [0.1, 0.15) is 17.5 Å². The summed E-state index contributed by atoms with van der Waals surface area (Å²) in [4.78, 5) is 26.3. The van der Waals surface area contributed by atoms with Gasteiger partial charge in [0.25, 0.3) is 11.8 Å². The maximum atomic E-state index is 13.8. The van der Waals surface area contributed by atoms with E-state index in [-0.39, 0.29) is 19.5 Å². The molecule has 2 amide bonds. The summed E-state index contributed by atoms with van der Waals surface area (Å²) < 4.78 is 13.8. The molecular formula is C19H19FN2O3. The first-order chi connectivity index (χ1) is 11.9. The molecule has 0 saturated carbocycles. The van der Waals surface area contributed by atoms with Crippen molar-refractivity contribution in [3.63, 3.8) is 0 Å². The van der Waals surface area contributed by atoms with E-state index < -0.39 is 23.2 Å². The Kier molecular flexibility index (Phi) is 4.55. The average Bonchev–Trinajstić information content (AvgIpc) is 2.92. The second-order valence-electron chi connectivity index (χ2n) is 6.18. The number of hydrogen-bond donors (Lipinski definition) is 2. The fraction of sp³-hybridized carbons (Fsp3) is 0.263. The molecule has 1 aliphatic heterocycles. The lowest BCUT2D eigenvalue weighted by Crippen LogP contribution is -2.52. The van der Waals surface area contributed by atoms with Gasteiger partial charge < -0.3 is 15.3 Å². The molecule has 1 fully saturated rings. The summed E-state index contributed by atoms with van der Waals surface area (Å²) >= 11 is 0. The molecule has 3 rings (SSSR count). The molecule has 130 valence electrons. The van der Waals surface area contributed by atoms with Gasteiger partial charge in [-0.1, -0.05) is 35.9 Å². The molecule has 2 aromatic carbocycles. The molecule has 0 aliphatic carbocycles. The summed E-state index contributed by atoms with van der Waals surface area (Å²) in [5.74, 6) is -1.92. The van der Waals surface area contributed by atoms with Crippen LogP contribution in [-0.2, 0) is 16.1 Å². The number of nitrogens with zero attached hydrogens (tertiary/aromatic N) is 1. The predicted molar refractivity (Wildman–Crippen MR) is 91.3 cm³/mol. The average molecular weight is 342 g/mol. The highest BCUT2D eigenvalue weighted by molar-refractivity contribution is 6.16. The van der Waals surface area contributed by atoms with Crippen molar-refractivity contribution < 1.29 is 19.1 Å². The van der Waals surface area contributed by atoms with E-state index >= 15 is 0 Å². The van der Waals surface area contributed by atoms with Crippen LogP contribution in [0.3, 0.4) is 0 Å². The Labute approximate surface area is 145 Å². The van der Waals surface area contributed by atoms with E-state index in [0.29, 0.717) is 11.3 Å². The first kappa shape index (κ1) is 17.1. The number of anilines is 1. The van der Waals surface area contributed by atoms with E-state index in [1.807, 2.05) is 13.0 Å². The molecule has 1 saturated heterocycles. The molecule has 1 heterocycles. The number of nitrogens with one attached hydrogen (secondary N) is 1. The third-order valence-electron chi connectivity index (χ3n) is 4.38. The van der Waals surface area contributed by atoms with Crippen LogP contribution in [0, 0.1) is 12.7 Å². The number of aryl methyl sites for hydroxylation is 1. The van der Waals surface area contributed by atoms with Crippen molar-refractivity contribution >= 4 is 17.5 Å². The van der Waals surface area contributed by atoms with Gasteiger partial charge in [-0.25, -0.2) is 4.39 Å². The third-order valence-corrected chi connectivity index (χ3v) is 4.38. The highest BCUT2D eigenvalue weighted by Crippen LogP contribution is 2.28. The van der Waals surface area contributed by atoms with Crippen LogP contribution in [0.25, 0.3) is 0 Å². The van der Waals surface area contributed by atoms with Gasteiger partial charge in [0.05, 0.1) is 0 Å². The number of halogens is 1. The number of benzene rings is 2. The minimum absolute atomic E-state index is 0.0111. The van der Waals surface area contributed by atoms with Gasteiger partial charge in [0.2, 0.25) is 5.60 Å². The van der Waals surface area contributed by atoms with Gasteiger partial charge in [0.1, 0.15) is 5.82 Å². The predicted octanol–water partition coefficient (Wildman–Crippen LogP) is 1.92. The van der Waals surface area contributed by atoms with Crippen LogP contribution < -0.4 is 10.2 Å². The second kappa shape index (κ2) is 6.64. The fourth-order valence-corrected chi connectivity index (χ4v) is 2.93. The number of amides is 2. The van der Waals surface area contributed by atoms with Gasteiger partial charge >= 0.3 is 0 Å². The molecule has 2 aromatic rings. The maximum absolute atomic E-state index is 13.8. The zero-order valence-corrected chi connectivity index (χ0v) is 13.8. The SMILES string of the molecule is Cc1ccc(F)c(CNC(=O)C2(O)CCN(c3ccccc3)C2=O)c1. The van der Waals surface area contributed by atoms with E-state index in [1.165, 1.54) is 11.0 Å². The molecule has 0 radical (unpaired) electrons. The van der Waals surface area contributed by atoms with E-state index in [2.05, 4.69) is 5.32 Å². The van der Waals surface area contributed by atoms with Gasteiger partial charge in [-0.05, 0) is 25.1 Å². The standard InChI is InChI=1S/C19H19FN2O3/c1-13-7-8-16(20)14(11-13)12-21-17(23)19(25)9-10-22(18(19)24)15-5-3-2-4-6-15/h2-8,11,25H,9-10,12H2,1H3,(H,21,23). The lowest BCUT2D eigenvalue weighted by atomic mass is 10.0. The minimum Gasteiger partial charge on any atom is -0.372 e. The first-order valence-electron chi connectivity index (χ1n) is 8.04. The van der Waals surface area contributed by atoms with E-state index in [4.69, 9.17) is 0 Å². The Morgan fingerprint density at radius 1 is 1.28 bits per heavy atom. The van der Waals surface area contributed by atoms with Gasteiger partial charge in [-0.2, -0.15) is 0 Å². The lowest BCUT2D eigenvalue weighted by molar-refractivity contribution is -0.149. The molecule has 5 nitrogen and oxygen atoms in total. The molecule has 0 bridgehead atoms. The number of para-hydroxylation sites is 1. The highest BCUT2D eigenvalue weighted by atomic mass is 19.1. The van der Waals surface area contributed by atoms with Gasteiger partial charge in [-0.3, -0.25) is 9.59 Å². The highest BCUT2D eigenvalue weighted by Gasteiger charge is 2.51. The number of carbonyl (C=O) groups excluding carboxylic acids is 2. The van der Waals surface area contributed by atoms with Crippen LogP contribution >= 0.6 is 0 Å². The number of carbonyl (C=O) groups is 2. The monoisotopic (exact) mass is 342 g/mol. The number of hydrogen-bond acceptors (Lipinski definition) is 3. The maximum Gasteiger partial charge on any atom is 0.268 e. The second-order valence-corrected chi connectivity index (χ2v) is 6.18. The largest absolute Gasteiger partial charge is 0.372 e. The Balaban J connectivity index is 1.71. The topological polar surface area (TPSA) is 69.6 Å². The van der Waals surface area contributed by atoms with Crippen LogP contribution in [0.4, 0.5) is 10.1 Å². The molecule has 2 N–H and O–H groups in total. The fourth-order valence-electron chi connectivity index (χ4n) is 2.93. The van der Waals surface area contributed by atoms with Crippen molar-refractivity contribution in [2.24, 2.45) is 0 Å². The van der Waals surface area contributed by atoms with Crippen molar-refractivity contribution in [1.29, 1.82) is 0 Å². The van der Waals surface area contributed by atoms with Gasteiger partial charge in [0.15, 0.2) is 0 Å². The molecular weight excluding hydrogens is 323 g/mol. The molecule has 1 atom stereocenters. The Bertz CT molecular complexity index is 810. The summed E-state index contributed by atoms with van der Waals surface area (Å²) in [6.07, 6.45) is -0.0111. The zero-order valence-electron chi connectivity index (χ0n) is 13.8. The van der Waals surface area contributed by atoms with Crippen LogP contribution in [-0.4, -0.2) is 29.1 Å². The summed E-state index contributed by atoms with van der Waals surface area (Å²) in [7, 11) is 0. The van der Waals surface area contributed by atoms with Gasteiger partial charge in [0, 0.05) is 30.8 Å². The van der Waals surface area contributed by atoms with Crippen LogP contribution in [0.5, 0.6) is 0 Å². The van der Waals surface area contributed by atoms with Crippen molar-refractivity contribution in [2.45, 2.75) is 25.5 Å². The number of aliphatic hydroxyl groups is 1. The quantitative estimate of drug-likeness (QED) is 0.834. The van der Waals surface area contributed by atoms with Crippen LogP contribution in [0.2, 0.25) is 0 Å². The van der Waals surface area contributed by atoms with E-state index in [0.717, 1.165) is 5.56 Å². The Morgan fingerprint density at radius 3 is 2.72 bits per heavy atom. The van der Waals surface area contributed by atoms with Crippen LogP contribution in [0.15, 0.2) is 48.5 Å². The lowest BCUT2D eigenvalue weighted by Gasteiger charge is -2.22. The van der Waals surface area contributed by atoms with E-state index in [1.54, 1.807) is 36.4 Å². The summed E-state index contributed by atoms with van der Waals surface area (Å²) in [5, 5.41) is 13.0. The third kappa shape index (κ3) is 3.25. The molecule has 25 heavy (non-hydrogen) atoms. The Hall–Kier alpha value is -2.73. The molecule has 0 spiro atoms. The smallest absolute Gasteiger partial charge is 0.268 e. The number of rotatable bonds is 4. The molecule has 1 unspecified atom stereocenters. The summed E-state index contributed by atoms with van der Waals surface area (Å²) in [6.45, 7) is 1.97. The minimum atomic E-state index is -2.13. The zero-order chi connectivity index (χ0) is 18.0. The van der Waals surface area contributed by atoms with Gasteiger partial charge in [-0.15, -0.1) is 0 Å². The normalized spacial score (nSPS) is 20.0. The summed E-state index contributed by atoms with van der Waals surface area (Å²) in [6, 6.07) is 13.4. The first-order valence-corrected chi connectivity index (χ1v) is 8.04. The Morgan fingerprint density at radius 2 is 2.00 bits per heavy atom. The van der Waals surface area contributed by atoms with Crippen molar-refractivity contribution in [1.82, 2.24) is 5.32 Å².